The zero-order valence-corrected chi connectivity index (χ0v) is 18.2. The van der Waals surface area contributed by atoms with Crippen LogP contribution in [-0.4, -0.2) is 17.6 Å². The van der Waals surface area contributed by atoms with Gasteiger partial charge in [0, 0.05) is 17.5 Å². The second kappa shape index (κ2) is 8.43. The van der Waals surface area contributed by atoms with Crippen LogP contribution in [0.1, 0.15) is 50.0 Å². The van der Waals surface area contributed by atoms with E-state index >= 15 is 0 Å². The van der Waals surface area contributed by atoms with Gasteiger partial charge in [-0.25, -0.2) is 10.2 Å². The van der Waals surface area contributed by atoms with Crippen LogP contribution < -0.4 is 10.2 Å². The lowest BCUT2D eigenvalue weighted by atomic mass is 9.93. The summed E-state index contributed by atoms with van der Waals surface area (Å²) in [4.78, 5) is 25.7. The Hall–Kier alpha value is -3.71. The molecule has 1 aliphatic carbocycles. The van der Waals surface area contributed by atoms with Gasteiger partial charge in [-0.2, -0.15) is 5.10 Å². The molecule has 160 valence electrons. The smallest absolute Gasteiger partial charge is 0.379 e. The number of carbonyl (C=O) groups is 2. The minimum atomic E-state index is -0.547. The zero-order valence-electron chi connectivity index (χ0n) is 17.4. The molecule has 0 aliphatic heterocycles. The molecule has 7 heteroatoms. The van der Waals surface area contributed by atoms with E-state index in [1.165, 1.54) is 11.3 Å². The molecule has 1 amide bonds. The molecule has 4 aromatic rings. The van der Waals surface area contributed by atoms with Gasteiger partial charge < -0.3 is 9.15 Å². The minimum Gasteiger partial charge on any atom is -0.453 e. The summed E-state index contributed by atoms with van der Waals surface area (Å²) in [6, 6.07) is 17.0. The van der Waals surface area contributed by atoms with Gasteiger partial charge in [0.1, 0.15) is 11.5 Å². The lowest BCUT2D eigenvalue weighted by Crippen LogP contribution is -2.21. The number of rotatable bonds is 4. The maximum Gasteiger partial charge on any atom is 0.379 e. The average Bonchev–Trinajstić information content (AvgIpc) is 3.46. The summed E-state index contributed by atoms with van der Waals surface area (Å²) in [6.45, 7) is 1.82. The van der Waals surface area contributed by atoms with Gasteiger partial charge in [0.15, 0.2) is 0 Å². The van der Waals surface area contributed by atoms with Crippen LogP contribution in [0.4, 0.5) is 0 Å². The highest BCUT2D eigenvalue weighted by Crippen LogP contribution is 2.31. The van der Waals surface area contributed by atoms with Crippen LogP contribution in [0, 0.1) is 6.92 Å². The SMILES string of the molecule is Cc1c(C(=O)Oc2ccc3ccccc3c2)oc2c1/C(=N/NC(=O)c1cccs1)CCC2. The molecule has 1 aliphatic rings. The molecular weight excluding hydrogens is 424 g/mol. The molecule has 32 heavy (non-hydrogen) atoms. The van der Waals surface area contributed by atoms with Crippen LogP contribution in [0.15, 0.2) is 69.5 Å². The highest BCUT2D eigenvalue weighted by atomic mass is 32.1. The third-order valence-electron chi connectivity index (χ3n) is 5.48. The monoisotopic (exact) mass is 444 g/mol. The third-order valence-corrected chi connectivity index (χ3v) is 6.35. The van der Waals surface area contributed by atoms with Crippen molar-refractivity contribution in [3.8, 4) is 5.75 Å². The van der Waals surface area contributed by atoms with E-state index in [0.29, 0.717) is 40.5 Å². The normalized spacial score (nSPS) is 14.3. The maximum atomic E-state index is 12.9. The molecule has 0 spiro atoms. The number of nitrogens with one attached hydrogen (secondary N) is 1. The summed E-state index contributed by atoms with van der Waals surface area (Å²) in [5.41, 5.74) is 4.79. The number of thiophene rings is 1. The van der Waals surface area contributed by atoms with Crippen LogP contribution >= 0.6 is 11.3 Å². The van der Waals surface area contributed by atoms with E-state index in [0.717, 1.165) is 22.8 Å². The van der Waals surface area contributed by atoms with Crippen LogP contribution in [0.2, 0.25) is 0 Å². The Bertz CT molecular complexity index is 1350. The van der Waals surface area contributed by atoms with Crippen molar-refractivity contribution in [2.75, 3.05) is 0 Å². The van der Waals surface area contributed by atoms with Gasteiger partial charge in [-0.05, 0) is 54.1 Å². The molecule has 0 radical (unpaired) electrons. The third kappa shape index (κ3) is 3.83. The second-order valence-electron chi connectivity index (χ2n) is 7.58. The van der Waals surface area contributed by atoms with Gasteiger partial charge in [-0.15, -0.1) is 11.3 Å². The first-order valence-corrected chi connectivity index (χ1v) is 11.2. The molecular formula is C25H20N2O4S. The minimum absolute atomic E-state index is 0.169. The Kier molecular flexibility index (Phi) is 5.33. The van der Waals surface area contributed by atoms with Crippen molar-refractivity contribution in [2.45, 2.75) is 26.2 Å². The average molecular weight is 445 g/mol. The number of amides is 1. The van der Waals surface area contributed by atoms with Crippen LogP contribution in [-0.2, 0) is 6.42 Å². The van der Waals surface area contributed by atoms with Crippen molar-refractivity contribution < 1.29 is 18.7 Å². The Labute approximate surface area is 188 Å². The molecule has 0 saturated heterocycles. The predicted octanol–water partition coefficient (Wildman–Crippen LogP) is 5.49. The van der Waals surface area contributed by atoms with Crippen LogP contribution in [0.25, 0.3) is 10.8 Å². The van der Waals surface area contributed by atoms with Crippen molar-refractivity contribution >= 4 is 39.7 Å². The number of hydrogen-bond donors (Lipinski definition) is 1. The molecule has 0 unspecified atom stereocenters. The first kappa shape index (κ1) is 20.2. The molecule has 5 rings (SSSR count). The molecule has 2 aromatic heterocycles. The quantitative estimate of drug-likeness (QED) is 0.256. The van der Waals surface area contributed by atoms with Gasteiger partial charge >= 0.3 is 5.97 Å². The van der Waals surface area contributed by atoms with E-state index in [9.17, 15) is 9.59 Å². The molecule has 1 N–H and O–H groups in total. The van der Waals surface area contributed by atoms with Crippen LogP contribution in [0.3, 0.4) is 0 Å². The van der Waals surface area contributed by atoms with Gasteiger partial charge in [0.25, 0.3) is 5.91 Å². The van der Waals surface area contributed by atoms with Crippen molar-refractivity contribution in [2.24, 2.45) is 5.10 Å². The second-order valence-corrected chi connectivity index (χ2v) is 8.53. The van der Waals surface area contributed by atoms with E-state index in [1.54, 1.807) is 12.1 Å². The predicted molar refractivity (Wildman–Crippen MR) is 124 cm³/mol. The first-order valence-electron chi connectivity index (χ1n) is 10.3. The summed E-state index contributed by atoms with van der Waals surface area (Å²) in [6.07, 6.45) is 2.22. The number of carbonyl (C=O) groups excluding carboxylic acids is 2. The lowest BCUT2D eigenvalue weighted by molar-refractivity contribution is 0.0698. The summed E-state index contributed by atoms with van der Waals surface area (Å²) >= 11 is 1.35. The number of ether oxygens (including phenoxy) is 1. The van der Waals surface area contributed by atoms with Crippen molar-refractivity contribution in [3.63, 3.8) is 0 Å². The number of esters is 1. The lowest BCUT2D eigenvalue weighted by Gasteiger charge is -2.13. The summed E-state index contributed by atoms with van der Waals surface area (Å²) < 4.78 is 11.5. The van der Waals surface area contributed by atoms with E-state index < -0.39 is 5.97 Å². The first-order chi connectivity index (χ1) is 15.6. The molecule has 2 aromatic carbocycles. The van der Waals surface area contributed by atoms with Gasteiger partial charge in [0.05, 0.1) is 10.6 Å². The van der Waals surface area contributed by atoms with E-state index in [1.807, 2.05) is 54.8 Å². The molecule has 0 bridgehead atoms. The maximum absolute atomic E-state index is 12.9. The summed E-state index contributed by atoms with van der Waals surface area (Å²) in [5.74, 6) is 0.524. The number of furan rings is 1. The van der Waals surface area contributed by atoms with Gasteiger partial charge in [-0.3, -0.25) is 4.79 Å². The highest BCUT2D eigenvalue weighted by Gasteiger charge is 2.29. The van der Waals surface area contributed by atoms with Crippen LogP contribution in [0.5, 0.6) is 5.75 Å². The molecule has 6 nitrogen and oxygen atoms in total. The number of aryl methyl sites for hydroxylation is 1. The Morgan fingerprint density at radius 3 is 2.72 bits per heavy atom. The zero-order chi connectivity index (χ0) is 22.1. The Balaban J connectivity index is 1.39. The fourth-order valence-electron chi connectivity index (χ4n) is 3.94. The Morgan fingerprint density at radius 2 is 1.91 bits per heavy atom. The molecule has 0 fully saturated rings. The number of benzene rings is 2. The summed E-state index contributed by atoms with van der Waals surface area (Å²) in [5, 5.41) is 8.25. The van der Waals surface area contributed by atoms with Crippen molar-refractivity contribution in [1.82, 2.24) is 5.43 Å². The van der Waals surface area contributed by atoms with E-state index in [-0.39, 0.29) is 11.7 Å². The molecule has 0 atom stereocenters. The van der Waals surface area contributed by atoms with E-state index in [4.69, 9.17) is 9.15 Å². The largest absolute Gasteiger partial charge is 0.453 e. The fraction of sp³-hybridized carbons (Fsp3) is 0.160. The van der Waals surface area contributed by atoms with Gasteiger partial charge in [0.2, 0.25) is 5.76 Å². The van der Waals surface area contributed by atoms with Gasteiger partial charge in [-0.1, -0.05) is 36.4 Å². The summed E-state index contributed by atoms with van der Waals surface area (Å²) in [7, 11) is 0. The highest BCUT2D eigenvalue weighted by molar-refractivity contribution is 7.12. The molecule has 0 saturated carbocycles. The Morgan fingerprint density at radius 1 is 1.06 bits per heavy atom. The number of hydrogen-bond acceptors (Lipinski definition) is 6. The number of hydrazone groups is 1. The standard InChI is InChI=1S/C25H20N2O4S/c1-15-22-19(26-27-24(28)21-10-5-13-32-21)8-4-9-20(22)31-23(15)25(29)30-18-12-11-16-6-2-3-7-17(16)14-18/h2-3,5-7,10-14H,4,8-9H2,1H3,(H,27,28)/b26-19+. The molecule has 2 heterocycles. The van der Waals surface area contributed by atoms with Crippen molar-refractivity contribution in [3.05, 3.63) is 87.5 Å². The number of fused-ring (bicyclic) bond motifs is 2. The fourth-order valence-corrected chi connectivity index (χ4v) is 4.55. The topological polar surface area (TPSA) is 80.9 Å². The van der Waals surface area contributed by atoms with Crippen molar-refractivity contribution in [1.29, 1.82) is 0 Å². The number of nitrogens with zero attached hydrogens (tertiary/aromatic N) is 1. The van der Waals surface area contributed by atoms with E-state index in [2.05, 4.69) is 10.5 Å².